The van der Waals surface area contributed by atoms with E-state index in [4.69, 9.17) is 5.73 Å². The second-order valence-electron chi connectivity index (χ2n) is 5.75. The van der Waals surface area contributed by atoms with E-state index in [0.29, 0.717) is 6.04 Å². The standard InChI is InChI=1S/C15H33N3/c1-4-14(5-2)13-17(6-3)11-12-18-9-7-15(16)8-10-18/h14-15H,4-13,16H2,1-3H3. The van der Waals surface area contributed by atoms with Crippen molar-refractivity contribution in [2.24, 2.45) is 11.7 Å². The molecule has 1 heterocycles. The Morgan fingerprint density at radius 2 is 1.78 bits per heavy atom. The van der Waals surface area contributed by atoms with E-state index in [2.05, 4.69) is 30.6 Å². The molecule has 0 unspecified atom stereocenters. The van der Waals surface area contributed by atoms with Crippen LogP contribution in [-0.2, 0) is 0 Å². The van der Waals surface area contributed by atoms with Crippen molar-refractivity contribution in [3.05, 3.63) is 0 Å². The second-order valence-corrected chi connectivity index (χ2v) is 5.75. The van der Waals surface area contributed by atoms with E-state index in [-0.39, 0.29) is 0 Å². The van der Waals surface area contributed by atoms with Gasteiger partial charge in [0.25, 0.3) is 0 Å². The van der Waals surface area contributed by atoms with Crippen LogP contribution >= 0.6 is 0 Å². The zero-order valence-corrected chi connectivity index (χ0v) is 12.7. The van der Waals surface area contributed by atoms with Gasteiger partial charge in [0.05, 0.1) is 0 Å². The van der Waals surface area contributed by atoms with E-state index in [1.165, 1.54) is 65.0 Å². The highest BCUT2D eigenvalue weighted by Gasteiger charge is 2.17. The molecular formula is C15H33N3. The molecule has 0 radical (unpaired) electrons. The summed E-state index contributed by atoms with van der Waals surface area (Å²) in [6.07, 6.45) is 4.98. The van der Waals surface area contributed by atoms with Gasteiger partial charge in [-0.25, -0.2) is 0 Å². The Morgan fingerprint density at radius 3 is 2.28 bits per heavy atom. The SMILES string of the molecule is CCC(CC)CN(CC)CCN1CCC(N)CC1. The maximum absolute atomic E-state index is 5.94. The molecule has 0 amide bonds. The lowest BCUT2D eigenvalue weighted by molar-refractivity contribution is 0.163. The minimum Gasteiger partial charge on any atom is -0.328 e. The summed E-state index contributed by atoms with van der Waals surface area (Å²) in [7, 11) is 0. The van der Waals surface area contributed by atoms with Crippen LogP contribution in [-0.4, -0.2) is 55.1 Å². The molecule has 1 saturated heterocycles. The van der Waals surface area contributed by atoms with Crippen molar-refractivity contribution in [1.82, 2.24) is 9.80 Å². The first-order valence-corrected chi connectivity index (χ1v) is 7.89. The molecule has 0 atom stereocenters. The first-order valence-electron chi connectivity index (χ1n) is 7.89. The fourth-order valence-corrected chi connectivity index (χ4v) is 2.75. The summed E-state index contributed by atoms with van der Waals surface area (Å²) in [5.74, 6) is 0.875. The highest BCUT2D eigenvalue weighted by atomic mass is 15.2. The van der Waals surface area contributed by atoms with Crippen molar-refractivity contribution in [2.45, 2.75) is 52.5 Å². The number of piperidine rings is 1. The lowest BCUT2D eigenvalue weighted by Gasteiger charge is -2.33. The van der Waals surface area contributed by atoms with Crippen LogP contribution in [0.15, 0.2) is 0 Å². The lowest BCUT2D eigenvalue weighted by atomic mass is 10.0. The first-order chi connectivity index (χ1) is 8.69. The van der Waals surface area contributed by atoms with Crippen LogP contribution in [0.1, 0.15) is 46.5 Å². The molecule has 2 N–H and O–H groups in total. The van der Waals surface area contributed by atoms with Crippen molar-refractivity contribution in [1.29, 1.82) is 0 Å². The second kappa shape index (κ2) is 8.89. The average Bonchev–Trinajstić information content (AvgIpc) is 2.41. The van der Waals surface area contributed by atoms with Gasteiger partial charge in [-0.05, 0) is 38.4 Å². The number of hydrogen-bond donors (Lipinski definition) is 1. The van der Waals surface area contributed by atoms with Crippen LogP contribution in [0, 0.1) is 5.92 Å². The molecule has 1 rings (SSSR count). The first kappa shape index (κ1) is 15.9. The number of nitrogens with zero attached hydrogens (tertiary/aromatic N) is 2. The molecule has 18 heavy (non-hydrogen) atoms. The number of likely N-dealkylation sites (N-methyl/N-ethyl adjacent to an activating group) is 1. The summed E-state index contributed by atoms with van der Waals surface area (Å²) >= 11 is 0. The molecule has 0 aromatic heterocycles. The fraction of sp³-hybridized carbons (Fsp3) is 1.00. The molecule has 1 aliphatic heterocycles. The number of rotatable bonds is 8. The van der Waals surface area contributed by atoms with Crippen LogP contribution in [0.5, 0.6) is 0 Å². The van der Waals surface area contributed by atoms with E-state index in [1.54, 1.807) is 0 Å². The Hall–Kier alpha value is -0.120. The minimum absolute atomic E-state index is 0.452. The highest BCUT2D eigenvalue weighted by molar-refractivity contribution is 4.75. The smallest absolute Gasteiger partial charge is 0.0109 e. The van der Waals surface area contributed by atoms with Gasteiger partial charge in [-0.1, -0.05) is 33.6 Å². The summed E-state index contributed by atoms with van der Waals surface area (Å²) in [4.78, 5) is 5.20. The molecule has 0 saturated carbocycles. The van der Waals surface area contributed by atoms with Crippen LogP contribution in [0.25, 0.3) is 0 Å². The Labute approximate surface area is 114 Å². The minimum atomic E-state index is 0.452. The van der Waals surface area contributed by atoms with Crippen molar-refractivity contribution in [3.8, 4) is 0 Å². The van der Waals surface area contributed by atoms with Crippen molar-refractivity contribution in [2.75, 3.05) is 39.3 Å². The van der Waals surface area contributed by atoms with Crippen molar-refractivity contribution in [3.63, 3.8) is 0 Å². The predicted molar refractivity (Wildman–Crippen MR) is 79.8 cm³/mol. The van der Waals surface area contributed by atoms with Crippen LogP contribution in [0.2, 0.25) is 0 Å². The van der Waals surface area contributed by atoms with E-state index < -0.39 is 0 Å². The average molecular weight is 255 g/mol. The molecule has 0 aliphatic carbocycles. The van der Waals surface area contributed by atoms with Gasteiger partial charge in [-0.2, -0.15) is 0 Å². The molecule has 0 bridgehead atoms. The summed E-state index contributed by atoms with van der Waals surface area (Å²) in [5, 5.41) is 0. The fourth-order valence-electron chi connectivity index (χ4n) is 2.75. The largest absolute Gasteiger partial charge is 0.328 e. The van der Waals surface area contributed by atoms with Gasteiger partial charge >= 0.3 is 0 Å². The van der Waals surface area contributed by atoms with E-state index in [1.807, 2.05) is 0 Å². The summed E-state index contributed by atoms with van der Waals surface area (Å²) in [6, 6.07) is 0.452. The summed E-state index contributed by atoms with van der Waals surface area (Å²) in [5.41, 5.74) is 5.94. The number of nitrogens with two attached hydrogens (primary N) is 1. The number of likely N-dealkylation sites (tertiary alicyclic amines) is 1. The van der Waals surface area contributed by atoms with Crippen molar-refractivity contribution < 1.29 is 0 Å². The molecule has 1 aliphatic rings. The zero-order valence-electron chi connectivity index (χ0n) is 12.7. The monoisotopic (exact) mass is 255 g/mol. The van der Waals surface area contributed by atoms with E-state index >= 15 is 0 Å². The Balaban J connectivity index is 2.22. The van der Waals surface area contributed by atoms with Gasteiger partial charge < -0.3 is 15.5 Å². The number of hydrogen-bond acceptors (Lipinski definition) is 3. The highest BCUT2D eigenvalue weighted by Crippen LogP contribution is 2.11. The van der Waals surface area contributed by atoms with Crippen LogP contribution < -0.4 is 5.73 Å². The molecule has 0 aromatic carbocycles. The lowest BCUT2D eigenvalue weighted by Crippen LogP contribution is -2.43. The summed E-state index contributed by atoms with van der Waals surface area (Å²) in [6.45, 7) is 14.2. The van der Waals surface area contributed by atoms with Gasteiger partial charge in [-0.15, -0.1) is 0 Å². The third kappa shape index (κ3) is 5.68. The van der Waals surface area contributed by atoms with Gasteiger partial charge in [-0.3, -0.25) is 0 Å². The third-order valence-electron chi connectivity index (χ3n) is 4.48. The van der Waals surface area contributed by atoms with Crippen LogP contribution in [0.3, 0.4) is 0 Å². The van der Waals surface area contributed by atoms with Gasteiger partial charge in [0.2, 0.25) is 0 Å². The van der Waals surface area contributed by atoms with Crippen LogP contribution in [0.4, 0.5) is 0 Å². The third-order valence-corrected chi connectivity index (χ3v) is 4.48. The van der Waals surface area contributed by atoms with Crippen molar-refractivity contribution >= 4 is 0 Å². The Kier molecular flexibility index (Phi) is 7.87. The molecule has 0 spiro atoms. The Bertz CT molecular complexity index is 196. The summed E-state index contributed by atoms with van der Waals surface area (Å²) < 4.78 is 0. The molecule has 3 nitrogen and oxygen atoms in total. The molecule has 108 valence electrons. The molecule has 0 aromatic rings. The topological polar surface area (TPSA) is 32.5 Å². The van der Waals surface area contributed by atoms with E-state index in [0.717, 1.165) is 5.92 Å². The van der Waals surface area contributed by atoms with Gasteiger partial charge in [0, 0.05) is 25.7 Å². The van der Waals surface area contributed by atoms with Gasteiger partial charge in [0.15, 0.2) is 0 Å². The quantitative estimate of drug-likeness (QED) is 0.721. The van der Waals surface area contributed by atoms with Gasteiger partial charge in [0.1, 0.15) is 0 Å². The van der Waals surface area contributed by atoms with E-state index in [9.17, 15) is 0 Å². The molecular weight excluding hydrogens is 222 g/mol. The zero-order chi connectivity index (χ0) is 13.4. The Morgan fingerprint density at radius 1 is 1.17 bits per heavy atom. The normalized spacial score (nSPS) is 19.0. The molecule has 1 fully saturated rings. The molecule has 3 heteroatoms. The maximum atomic E-state index is 5.94. The predicted octanol–water partition coefficient (Wildman–Crippen LogP) is 2.17. The maximum Gasteiger partial charge on any atom is 0.0109 e.